The van der Waals surface area contributed by atoms with Crippen LogP contribution in [-0.4, -0.2) is 49.3 Å². The molecular weight excluding hydrogens is 212 g/mol. The van der Waals surface area contributed by atoms with Crippen LogP contribution in [-0.2, 0) is 4.74 Å². The van der Waals surface area contributed by atoms with Gasteiger partial charge in [0.05, 0.1) is 6.10 Å². The second-order valence-corrected chi connectivity index (χ2v) is 5.50. The number of hydrogen-bond acceptors (Lipinski definition) is 3. The summed E-state index contributed by atoms with van der Waals surface area (Å²) in [5.41, 5.74) is 0. The Morgan fingerprint density at radius 1 is 1.12 bits per heavy atom. The number of rotatable bonds is 4. The monoisotopic (exact) mass is 240 g/mol. The largest absolute Gasteiger partial charge is 0.378 e. The molecule has 2 aliphatic heterocycles. The first-order valence-electron chi connectivity index (χ1n) is 7.41. The van der Waals surface area contributed by atoms with E-state index in [1.807, 2.05) is 0 Å². The standard InChI is InChI=1S/C14H28N2O/c1-3-14-11-13(7-10-17-14)15-12-5-8-16(4-2)9-6-12/h12-15H,3-11H2,1-2H3. The van der Waals surface area contributed by atoms with E-state index < -0.39 is 0 Å². The van der Waals surface area contributed by atoms with Crippen LogP contribution in [0.2, 0.25) is 0 Å². The normalized spacial score (nSPS) is 32.8. The molecule has 0 aromatic rings. The fourth-order valence-electron chi connectivity index (χ4n) is 3.07. The summed E-state index contributed by atoms with van der Waals surface area (Å²) in [5.74, 6) is 0. The Morgan fingerprint density at radius 3 is 2.53 bits per heavy atom. The van der Waals surface area contributed by atoms with Crippen LogP contribution in [0.15, 0.2) is 0 Å². The van der Waals surface area contributed by atoms with Crippen molar-refractivity contribution < 1.29 is 4.74 Å². The zero-order chi connectivity index (χ0) is 12.1. The first-order valence-corrected chi connectivity index (χ1v) is 7.41. The third-order valence-corrected chi connectivity index (χ3v) is 4.33. The Bertz CT molecular complexity index is 214. The predicted molar refractivity (Wildman–Crippen MR) is 71.3 cm³/mol. The summed E-state index contributed by atoms with van der Waals surface area (Å²) in [6, 6.07) is 1.45. The van der Waals surface area contributed by atoms with E-state index >= 15 is 0 Å². The molecule has 2 saturated heterocycles. The molecule has 0 radical (unpaired) electrons. The van der Waals surface area contributed by atoms with Crippen molar-refractivity contribution in [1.82, 2.24) is 10.2 Å². The zero-order valence-corrected chi connectivity index (χ0v) is 11.5. The van der Waals surface area contributed by atoms with Crippen LogP contribution in [0.1, 0.15) is 46.0 Å². The second kappa shape index (κ2) is 6.72. The lowest BCUT2D eigenvalue weighted by Gasteiger charge is -2.36. The summed E-state index contributed by atoms with van der Waals surface area (Å²) in [4.78, 5) is 2.55. The maximum Gasteiger partial charge on any atom is 0.0587 e. The molecule has 2 unspecified atom stereocenters. The van der Waals surface area contributed by atoms with E-state index in [9.17, 15) is 0 Å². The molecule has 2 aliphatic rings. The van der Waals surface area contributed by atoms with Gasteiger partial charge in [-0.3, -0.25) is 0 Å². The first-order chi connectivity index (χ1) is 8.31. The van der Waals surface area contributed by atoms with Gasteiger partial charge in [0.15, 0.2) is 0 Å². The molecule has 100 valence electrons. The Hall–Kier alpha value is -0.120. The van der Waals surface area contributed by atoms with Gasteiger partial charge in [0.25, 0.3) is 0 Å². The number of ether oxygens (including phenoxy) is 1. The van der Waals surface area contributed by atoms with E-state index in [0.717, 1.165) is 19.1 Å². The average Bonchev–Trinajstić information content (AvgIpc) is 2.40. The molecule has 0 aromatic carbocycles. The molecule has 0 spiro atoms. The predicted octanol–water partition coefficient (Wildman–Crippen LogP) is 2.02. The smallest absolute Gasteiger partial charge is 0.0587 e. The van der Waals surface area contributed by atoms with E-state index in [1.54, 1.807) is 0 Å². The Labute approximate surface area is 106 Å². The minimum Gasteiger partial charge on any atom is -0.378 e. The molecule has 2 heterocycles. The molecule has 2 fully saturated rings. The fraction of sp³-hybridized carbons (Fsp3) is 1.00. The molecule has 0 amide bonds. The molecular formula is C14H28N2O. The van der Waals surface area contributed by atoms with Crippen LogP contribution in [0.25, 0.3) is 0 Å². The number of nitrogens with zero attached hydrogens (tertiary/aromatic N) is 1. The van der Waals surface area contributed by atoms with Crippen molar-refractivity contribution in [3.05, 3.63) is 0 Å². The molecule has 0 aliphatic carbocycles. The minimum atomic E-state index is 0.497. The van der Waals surface area contributed by atoms with Crippen molar-refractivity contribution >= 4 is 0 Å². The van der Waals surface area contributed by atoms with E-state index in [-0.39, 0.29) is 0 Å². The van der Waals surface area contributed by atoms with Crippen LogP contribution in [0.5, 0.6) is 0 Å². The fourth-order valence-corrected chi connectivity index (χ4v) is 3.07. The molecule has 0 saturated carbocycles. The maximum absolute atomic E-state index is 5.73. The summed E-state index contributed by atoms with van der Waals surface area (Å²) in [5, 5.41) is 3.86. The third kappa shape index (κ3) is 3.94. The second-order valence-electron chi connectivity index (χ2n) is 5.50. The van der Waals surface area contributed by atoms with Crippen LogP contribution in [0, 0.1) is 0 Å². The lowest BCUT2D eigenvalue weighted by molar-refractivity contribution is -0.00341. The zero-order valence-electron chi connectivity index (χ0n) is 11.5. The van der Waals surface area contributed by atoms with Crippen LogP contribution < -0.4 is 5.32 Å². The van der Waals surface area contributed by atoms with Gasteiger partial charge in [-0.1, -0.05) is 13.8 Å². The Balaban J connectivity index is 1.70. The minimum absolute atomic E-state index is 0.497. The topological polar surface area (TPSA) is 24.5 Å². The van der Waals surface area contributed by atoms with Gasteiger partial charge in [-0.2, -0.15) is 0 Å². The van der Waals surface area contributed by atoms with Gasteiger partial charge >= 0.3 is 0 Å². The molecule has 3 heteroatoms. The van der Waals surface area contributed by atoms with Gasteiger partial charge in [-0.15, -0.1) is 0 Å². The molecule has 0 bridgehead atoms. The number of nitrogens with one attached hydrogen (secondary N) is 1. The van der Waals surface area contributed by atoms with Crippen molar-refractivity contribution in [2.45, 2.75) is 64.1 Å². The maximum atomic E-state index is 5.73. The summed E-state index contributed by atoms with van der Waals surface area (Å²) in [6.45, 7) is 9.19. The average molecular weight is 240 g/mol. The molecule has 0 aromatic heterocycles. The van der Waals surface area contributed by atoms with E-state index in [4.69, 9.17) is 4.74 Å². The third-order valence-electron chi connectivity index (χ3n) is 4.33. The Morgan fingerprint density at radius 2 is 1.88 bits per heavy atom. The van der Waals surface area contributed by atoms with E-state index in [0.29, 0.717) is 12.1 Å². The van der Waals surface area contributed by atoms with Gasteiger partial charge in [-0.05, 0) is 51.7 Å². The molecule has 3 nitrogen and oxygen atoms in total. The van der Waals surface area contributed by atoms with E-state index in [2.05, 4.69) is 24.1 Å². The quantitative estimate of drug-likeness (QED) is 0.813. The lowest BCUT2D eigenvalue weighted by atomic mass is 9.98. The van der Waals surface area contributed by atoms with Crippen molar-refractivity contribution in [2.24, 2.45) is 0 Å². The first kappa shape index (κ1) is 13.3. The highest BCUT2D eigenvalue weighted by atomic mass is 16.5. The highest BCUT2D eigenvalue weighted by molar-refractivity contribution is 4.83. The molecule has 2 rings (SSSR count). The molecule has 17 heavy (non-hydrogen) atoms. The van der Waals surface area contributed by atoms with Gasteiger partial charge in [0.2, 0.25) is 0 Å². The number of likely N-dealkylation sites (tertiary alicyclic amines) is 1. The number of piperidine rings is 1. The summed E-state index contributed by atoms with van der Waals surface area (Å²) >= 11 is 0. The van der Waals surface area contributed by atoms with Crippen molar-refractivity contribution in [3.8, 4) is 0 Å². The van der Waals surface area contributed by atoms with Gasteiger partial charge in [0.1, 0.15) is 0 Å². The van der Waals surface area contributed by atoms with E-state index in [1.165, 1.54) is 45.3 Å². The lowest BCUT2D eigenvalue weighted by Crippen LogP contribution is -2.48. The van der Waals surface area contributed by atoms with Crippen LogP contribution >= 0.6 is 0 Å². The van der Waals surface area contributed by atoms with Crippen molar-refractivity contribution in [1.29, 1.82) is 0 Å². The summed E-state index contributed by atoms with van der Waals surface area (Å²) in [6.07, 6.45) is 6.71. The number of hydrogen-bond donors (Lipinski definition) is 1. The van der Waals surface area contributed by atoms with Gasteiger partial charge in [-0.25, -0.2) is 0 Å². The van der Waals surface area contributed by atoms with Crippen molar-refractivity contribution in [2.75, 3.05) is 26.2 Å². The Kier molecular flexibility index (Phi) is 5.26. The van der Waals surface area contributed by atoms with Crippen molar-refractivity contribution in [3.63, 3.8) is 0 Å². The molecule has 2 atom stereocenters. The summed E-state index contributed by atoms with van der Waals surface area (Å²) in [7, 11) is 0. The van der Waals surface area contributed by atoms with Crippen LogP contribution in [0.4, 0.5) is 0 Å². The molecule has 1 N–H and O–H groups in total. The van der Waals surface area contributed by atoms with Gasteiger partial charge < -0.3 is 15.0 Å². The highest BCUT2D eigenvalue weighted by Gasteiger charge is 2.25. The SMILES string of the molecule is CCC1CC(NC2CCN(CC)CC2)CCO1. The highest BCUT2D eigenvalue weighted by Crippen LogP contribution is 2.19. The summed E-state index contributed by atoms with van der Waals surface area (Å²) < 4.78 is 5.73. The van der Waals surface area contributed by atoms with Crippen LogP contribution in [0.3, 0.4) is 0 Å². The van der Waals surface area contributed by atoms with Gasteiger partial charge in [0, 0.05) is 18.7 Å².